The van der Waals surface area contributed by atoms with Gasteiger partial charge in [-0.15, -0.1) is 0 Å². The van der Waals surface area contributed by atoms with Crippen molar-refractivity contribution in [1.29, 1.82) is 0 Å². The van der Waals surface area contributed by atoms with Crippen molar-refractivity contribution in [3.63, 3.8) is 0 Å². The first-order valence-corrected chi connectivity index (χ1v) is 9.57. The van der Waals surface area contributed by atoms with Crippen molar-refractivity contribution in [3.8, 4) is 11.5 Å². The number of para-hydroxylation sites is 1. The largest absolute Gasteiger partial charge is 0.463 e. The lowest BCUT2D eigenvalue weighted by molar-refractivity contribution is 0.0625. The van der Waals surface area contributed by atoms with Gasteiger partial charge >= 0.3 is 0 Å². The van der Waals surface area contributed by atoms with E-state index in [-0.39, 0.29) is 5.91 Å². The van der Waals surface area contributed by atoms with Crippen molar-refractivity contribution in [2.24, 2.45) is 5.92 Å². The van der Waals surface area contributed by atoms with Crippen LogP contribution in [0.5, 0.6) is 0 Å². The third kappa shape index (κ3) is 3.74. The third-order valence-corrected chi connectivity index (χ3v) is 5.00. The molecule has 0 unspecified atom stereocenters. The fourth-order valence-electron chi connectivity index (χ4n) is 3.72. The van der Waals surface area contributed by atoms with Gasteiger partial charge in [-0.25, -0.2) is 4.98 Å². The number of carbonyl (C=O) groups is 1. The first kappa shape index (κ1) is 17.7. The highest BCUT2D eigenvalue weighted by Crippen LogP contribution is 2.26. The van der Waals surface area contributed by atoms with Crippen molar-refractivity contribution >= 4 is 16.8 Å². The molecule has 0 aliphatic carbocycles. The topological polar surface area (TPSA) is 49.6 Å². The van der Waals surface area contributed by atoms with Crippen molar-refractivity contribution in [1.82, 2.24) is 14.8 Å². The van der Waals surface area contributed by atoms with Gasteiger partial charge in [0.1, 0.15) is 5.69 Å². The van der Waals surface area contributed by atoms with Gasteiger partial charge in [0.2, 0.25) is 0 Å². The number of piperazine rings is 1. The second-order valence-corrected chi connectivity index (χ2v) is 7.54. The van der Waals surface area contributed by atoms with Gasteiger partial charge < -0.3 is 9.32 Å². The van der Waals surface area contributed by atoms with Gasteiger partial charge in [-0.2, -0.15) is 0 Å². The smallest absolute Gasteiger partial charge is 0.254 e. The molecule has 2 aromatic heterocycles. The lowest BCUT2D eigenvalue weighted by Crippen LogP contribution is -2.49. The molecule has 0 radical (unpaired) electrons. The molecule has 1 aliphatic rings. The van der Waals surface area contributed by atoms with Crippen LogP contribution < -0.4 is 0 Å². The fourth-order valence-corrected chi connectivity index (χ4v) is 3.72. The summed E-state index contributed by atoms with van der Waals surface area (Å²) in [5.74, 6) is 1.40. The Hall–Kier alpha value is -2.66. The van der Waals surface area contributed by atoms with E-state index in [1.54, 1.807) is 6.26 Å². The van der Waals surface area contributed by atoms with Crippen molar-refractivity contribution in [2.45, 2.75) is 13.8 Å². The van der Waals surface area contributed by atoms with E-state index >= 15 is 0 Å². The van der Waals surface area contributed by atoms with E-state index in [9.17, 15) is 4.79 Å². The summed E-state index contributed by atoms with van der Waals surface area (Å²) in [6, 6.07) is 13.4. The molecule has 5 heteroatoms. The second-order valence-electron chi connectivity index (χ2n) is 7.54. The quantitative estimate of drug-likeness (QED) is 0.705. The van der Waals surface area contributed by atoms with Crippen LogP contribution in [0.25, 0.3) is 22.4 Å². The number of fused-ring (bicyclic) bond motifs is 1. The number of furan rings is 1. The Kier molecular flexibility index (Phi) is 4.94. The van der Waals surface area contributed by atoms with E-state index in [1.165, 1.54) is 0 Å². The maximum absolute atomic E-state index is 13.3. The molecule has 27 heavy (non-hydrogen) atoms. The van der Waals surface area contributed by atoms with Gasteiger partial charge in [-0.05, 0) is 30.2 Å². The summed E-state index contributed by atoms with van der Waals surface area (Å²) in [6.07, 6.45) is 1.63. The van der Waals surface area contributed by atoms with E-state index in [4.69, 9.17) is 4.42 Å². The normalized spacial score (nSPS) is 15.6. The van der Waals surface area contributed by atoms with Gasteiger partial charge in [0.05, 0.1) is 17.3 Å². The molecule has 4 rings (SSSR count). The number of pyridine rings is 1. The van der Waals surface area contributed by atoms with E-state index < -0.39 is 0 Å². The predicted octanol–water partition coefficient (Wildman–Crippen LogP) is 3.91. The van der Waals surface area contributed by atoms with Gasteiger partial charge in [-0.3, -0.25) is 9.69 Å². The summed E-state index contributed by atoms with van der Waals surface area (Å²) < 4.78 is 5.51. The highest BCUT2D eigenvalue weighted by atomic mass is 16.3. The first-order valence-electron chi connectivity index (χ1n) is 9.57. The summed E-state index contributed by atoms with van der Waals surface area (Å²) in [7, 11) is 0. The summed E-state index contributed by atoms with van der Waals surface area (Å²) in [4.78, 5) is 22.4. The van der Waals surface area contributed by atoms with E-state index in [2.05, 4.69) is 23.7 Å². The summed E-state index contributed by atoms with van der Waals surface area (Å²) in [6.45, 7) is 8.93. The standard InChI is InChI=1S/C22H25N3O2/c1-16(2)15-24-9-11-25(12-10-24)22(26)18-14-20(21-8-5-13-27-21)23-19-7-4-3-6-17(18)19/h3-8,13-14,16H,9-12,15H2,1-2H3. The van der Waals surface area contributed by atoms with Gasteiger partial charge in [0, 0.05) is 38.1 Å². The SMILES string of the molecule is CC(C)CN1CCN(C(=O)c2cc(-c3ccco3)nc3ccccc23)CC1. The fraction of sp³-hybridized carbons (Fsp3) is 0.364. The van der Waals surface area contributed by atoms with Crippen LogP contribution in [0.3, 0.4) is 0 Å². The molecule has 1 amide bonds. The van der Waals surface area contributed by atoms with Crippen LogP contribution in [0.4, 0.5) is 0 Å². The van der Waals surface area contributed by atoms with Crippen LogP contribution in [0, 0.1) is 5.92 Å². The Morgan fingerprint density at radius 2 is 1.89 bits per heavy atom. The zero-order chi connectivity index (χ0) is 18.8. The number of benzene rings is 1. The number of hydrogen-bond acceptors (Lipinski definition) is 4. The maximum Gasteiger partial charge on any atom is 0.254 e. The minimum absolute atomic E-state index is 0.0746. The Bertz CT molecular complexity index is 926. The molecule has 0 N–H and O–H groups in total. The van der Waals surface area contributed by atoms with Gasteiger partial charge in [-0.1, -0.05) is 32.0 Å². The molecule has 1 aliphatic heterocycles. The van der Waals surface area contributed by atoms with Crippen LogP contribution in [-0.4, -0.2) is 53.4 Å². The molecule has 140 valence electrons. The number of aromatic nitrogens is 1. The Morgan fingerprint density at radius 3 is 2.59 bits per heavy atom. The van der Waals surface area contributed by atoms with Crippen LogP contribution >= 0.6 is 0 Å². The minimum atomic E-state index is 0.0746. The number of hydrogen-bond donors (Lipinski definition) is 0. The summed E-state index contributed by atoms with van der Waals surface area (Å²) in [5.41, 5.74) is 2.21. The number of rotatable bonds is 4. The molecule has 1 saturated heterocycles. The summed E-state index contributed by atoms with van der Waals surface area (Å²) >= 11 is 0. The zero-order valence-corrected chi connectivity index (χ0v) is 15.9. The third-order valence-electron chi connectivity index (χ3n) is 5.00. The molecular formula is C22H25N3O2. The molecule has 0 atom stereocenters. The van der Waals surface area contributed by atoms with E-state index in [0.717, 1.165) is 43.6 Å². The lowest BCUT2D eigenvalue weighted by Gasteiger charge is -2.35. The molecule has 0 bridgehead atoms. The number of amides is 1. The van der Waals surface area contributed by atoms with E-state index in [0.29, 0.717) is 22.9 Å². The molecule has 3 heterocycles. The van der Waals surface area contributed by atoms with Crippen LogP contribution in [-0.2, 0) is 0 Å². The monoisotopic (exact) mass is 363 g/mol. The number of nitrogens with zero attached hydrogens (tertiary/aromatic N) is 3. The highest BCUT2D eigenvalue weighted by Gasteiger charge is 2.24. The Morgan fingerprint density at radius 1 is 1.11 bits per heavy atom. The molecule has 0 spiro atoms. The average Bonchev–Trinajstić information content (AvgIpc) is 3.21. The lowest BCUT2D eigenvalue weighted by atomic mass is 10.0. The van der Waals surface area contributed by atoms with Crippen LogP contribution in [0.2, 0.25) is 0 Å². The zero-order valence-electron chi connectivity index (χ0n) is 15.9. The highest BCUT2D eigenvalue weighted by molar-refractivity contribution is 6.07. The van der Waals surface area contributed by atoms with Gasteiger partial charge in [0.15, 0.2) is 5.76 Å². The molecule has 5 nitrogen and oxygen atoms in total. The van der Waals surface area contributed by atoms with E-state index in [1.807, 2.05) is 47.4 Å². The maximum atomic E-state index is 13.3. The second kappa shape index (κ2) is 7.53. The number of carbonyl (C=O) groups excluding carboxylic acids is 1. The first-order chi connectivity index (χ1) is 13.1. The van der Waals surface area contributed by atoms with Crippen molar-refractivity contribution in [3.05, 3.63) is 54.3 Å². The van der Waals surface area contributed by atoms with Crippen molar-refractivity contribution in [2.75, 3.05) is 32.7 Å². The molecular weight excluding hydrogens is 338 g/mol. The summed E-state index contributed by atoms with van der Waals surface area (Å²) in [5, 5.41) is 0.891. The average molecular weight is 363 g/mol. The molecule has 0 saturated carbocycles. The van der Waals surface area contributed by atoms with Crippen LogP contribution in [0.15, 0.2) is 53.1 Å². The minimum Gasteiger partial charge on any atom is -0.463 e. The molecule has 1 fully saturated rings. The predicted molar refractivity (Wildman–Crippen MR) is 107 cm³/mol. The molecule has 1 aromatic carbocycles. The van der Waals surface area contributed by atoms with Crippen LogP contribution in [0.1, 0.15) is 24.2 Å². The Balaban J connectivity index is 1.64. The van der Waals surface area contributed by atoms with Gasteiger partial charge in [0.25, 0.3) is 5.91 Å². The molecule has 3 aromatic rings. The van der Waals surface area contributed by atoms with Crippen molar-refractivity contribution < 1.29 is 9.21 Å². The Labute approximate surface area is 159 Å².